The molecular weight excluding hydrogens is 238 g/mol. The molecule has 1 unspecified atom stereocenters. The van der Waals surface area contributed by atoms with Crippen LogP contribution >= 0.6 is 0 Å². The van der Waals surface area contributed by atoms with Gasteiger partial charge in [0.1, 0.15) is 5.82 Å². The SMILES string of the molecule is CCC(C)N(CCOC)c1cc(CNC)cc(C)n1. The van der Waals surface area contributed by atoms with E-state index in [1.54, 1.807) is 7.11 Å². The summed E-state index contributed by atoms with van der Waals surface area (Å²) in [6.07, 6.45) is 1.10. The molecule has 0 aliphatic rings. The topological polar surface area (TPSA) is 37.4 Å². The van der Waals surface area contributed by atoms with Crippen LogP contribution in [0.4, 0.5) is 5.82 Å². The summed E-state index contributed by atoms with van der Waals surface area (Å²) in [5.74, 6) is 1.05. The van der Waals surface area contributed by atoms with E-state index >= 15 is 0 Å². The third-order valence-electron chi connectivity index (χ3n) is 3.33. The number of hydrogen-bond donors (Lipinski definition) is 1. The highest BCUT2D eigenvalue weighted by atomic mass is 16.5. The van der Waals surface area contributed by atoms with Crippen LogP contribution in [0.1, 0.15) is 31.5 Å². The lowest BCUT2D eigenvalue weighted by Gasteiger charge is -2.30. The van der Waals surface area contributed by atoms with E-state index in [9.17, 15) is 0 Å². The largest absolute Gasteiger partial charge is 0.383 e. The van der Waals surface area contributed by atoms with Crippen molar-refractivity contribution in [2.24, 2.45) is 0 Å². The molecule has 1 N–H and O–H groups in total. The average molecular weight is 265 g/mol. The van der Waals surface area contributed by atoms with E-state index in [0.717, 1.165) is 37.6 Å². The molecule has 0 aliphatic carbocycles. The molecule has 0 saturated heterocycles. The molecule has 0 aliphatic heterocycles. The Hall–Kier alpha value is -1.13. The van der Waals surface area contributed by atoms with Crippen molar-refractivity contribution in [3.05, 3.63) is 23.4 Å². The van der Waals surface area contributed by atoms with Crippen LogP contribution in [-0.2, 0) is 11.3 Å². The smallest absolute Gasteiger partial charge is 0.129 e. The number of hydrogen-bond acceptors (Lipinski definition) is 4. The Morgan fingerprint density at radius 1 is 1.42 bits per heavy atom. The fraction of sp³-hybridized carbons (Fsp3) is 0.667. The van der Waals surface area contributed by atoms with Gasteiger partial charge in [-0.05, 0) is 45.0 Å². The molecule has 1 rings (SSSR count). The lowest BCUT2D eigenvalue weighted by atomic mass is 10.1. The quantitative estimate of drug-likeness (QED) is 0.783. The van der Waals surface area contributed by atoms with Gasteiger partial charge >= 0.3 is 0 Å². The van der Waals surface area contributed by atoms with E-state index in [1.165, 1.54) is 5.56 Å². The number of pyridine rings is 1. The lowest BCUT2D eigenvalue weighted by Crippen LogP contribution is -2.36. The van der Waals surface area contributed by atoms with Crippen LogP contribution in [0, 0.1) is 6.92 Å². The average Bonchev–Trinajstić information content (AvgIpc) is 2.38. The monoisotopic (exact) mass is 265 g/mol. The van der Waals surface area contributed by atoms with Gasteiger partial charge in [-0.1, -0.05) is 6.92 Å². The second-order valence-corrected chi connectivity index (χ2v) is 4.95. The first-order valence-corrected chi connectivity index (χ1v) is 7.00. The summed E-state index contributed by atoms with van der Waals surface area (Å²) in [7, 11) is 3.71. The number of anilines is 1. The molecule has 0 bridgehead atoms. The van der Waals surface area contributed by atoms with Crippen molar-refractivity contribution in [1.29, 1.82) is 0 Å². The second-order valence-electron chi connectivity index (χ2n) is 4.95. The maximum Gasteiger partial charge on any atom is 0.129 e. The van der Waals surface area contributed by atoms with Gasteiger partial charge in [-0.25, -0.2) is 4.98 Å². The Morgan fingerprint density at radius 3 is 2.74 bits per heavy atom. The number of aryl methyl sites for hydroxylation is 1. The van der Waals surface area contributed by atoms with Crippen molar-refractivity contribution in [2.75, 3.05) is 32.2 Å². The molecule has 0 radical (unpaired) electrons. The first kappa shape index (κ1) is 15.9. The minimum atomic E-state index is 0.465. The van der Waals surface area contributed by atoms with E-state index in [2.05, 4.69) is 41.2 Å². The van der Waals surface area contributed by atoms with Crippen molar-refractivity contribution in [2.45, 2.75) is 39.8 Å². The Balaban J connectivity index is 2.99. The zero-order valence-corrected chi connectivity index (χ0v) is 12.9. The van der Waals surface area contributed by atoms with Crippen molar-refractivity contribution in [3.63, 3.8) is 0 Å². The maximum absolute atomic E-state index is 5.21. The van der Waals surface area contributed by atoms with E-state index in [4.69, 9.17) is 4.74 Å². The molecule has 0 fully saturated rings. The predicted molar refractivity (Wildman–Crippen MR) is 80.7 cm³/mol. The van der Waals surface area contributed by atoms with Crippen LogP contribution in [0.5, 0.6) is 0 Å². The minimum absolute atomic E-state index is 0.465. The summed E-state index contributed by atoms with van der Waals surface area (Å²) in [5.41, 5.74) is 2.34. The molecule has 1 aromatic rings. The highest BCUT2D eigenvalue weighted by molar-refractivity contribution is 5.43. The van der Waals surface area contributed by atoms with E-state index < -0.39 is 0 Å². The summed E-state index contributed by atoms with van der Waals surface area (Å²) in [6, 6.07) is 4.77. The molecule has 0 aromatic carbocycles. The standard InChI is InChI=1S/C15H27N3O/c1-6-13(3)18(7-8-19-5)15-10-14(11-16-4)9-12(2)17-15/h9-10,13,16H,6-8,11H2,1-5H3. The summed E-state index contributed by atoms with van der Waals surface area (Å²) < 4.78 is 5.21. The Labute approximate surface area is 117 Å². The van der Waals surface area contributed by atoms with Crippen molar-refractivity contribution in [1.82, 2.24) is 10.3 Å². The Kier molecular flexibility index (Phi) is 6.81. The highest BCUT2D eigenvalue weighted by Crippen LogP contribution is 2.18. The van der Waals surface area contributed by atoms with Crippen molar-refractivity contribution >= 4 is 5.82 Å². The zero-order chi connectivity index (χ0) is 14.3. The van der Waals surface area contributed by atoms with Crippen LogP contribution in [0.2, 0.25) is 0 Å². The highest BCUT2D eigenvalue weighted by Gasteiger charge is 2.15. The van der Waals surface area contributed by atoms with Gasteiger partial charge in [0.15, 0.2) is 0 Å². The first-order valence-electron chi connectivity index (χ1n) is 7.00. The summed E-state index contributed by atoms with van der Waals surface area (Å²) in [5, 5.41) is 3.19. The summed E-state index contributed by atoms with van der Waals surface area (Å²) >= 11 is 0. The van der Waals surface area contributed by atoms with Gasteiger partial charge in [0.25, 0.3) is 0 Å². The van der Waals surface area contributed by atoms with E-state index in [0.29, 0.717) is 6.04 Å². The number of nitrogens with one attached hydrogen (secondary N) is 1. The lowest BCUT2D eigenvalue weighted by molar-refractivity contribution is 0.203. The predicted octanol–water partition coefficient (Wildman–Crippen LogP) is 2.36. The number of ether oxygens (including phenoxy) is 1. The van der Waals surface area contributed by atoms with E-state index in [-0.39, 0.29) is 0 Å². The molecule has 108 valence electrons. The summed E-state index contributed by atoms with van der Waals surface area (Å²) in [6.45, 7) is 8.96. The van der Waals surface area contributed by atoms with Gasteiger partial charge in [0, 0.05) is 31.9 Å². The third kappa shape index (κ3) is 4.80. The Bertz CT molecular complexity index is 382. The van der Waals surface area contributed by atoms with Crippen LogP contribution < -0.4 is 10.2 Å². The number of methoxy groups -OCH3 is 1. The number of aromatic nitrogens is 1. The van der Waals surface area contributed by atoms with Crippen LogP contribution in [-0.4, -0.2) is 38.3 Å². The van der Waals surface area contributed by atoms with Crippen LogP contribution in [0.3, 0.4) is 0 Å². The molecule has 1 heterocycles. The second kappa shape index (κ2) is 8.12. The molecule has 4 heteroatoms. The minimum Gasteiger partial charge on any atom is -0.383 e. The van der Waals surface area contributed by atoms with Crippen LogP contribution in [0.25, 0.3) is 0 Å². The molecule has 19 heavy (non-hydrogen) atoms. The van der Waals surface area contributed by atoms with Gasteiger partial charge in [-0.2, -0.15) is 0 Å². The van der Waals surface area contributed by atoms with Gasteiger partial charge in [-0.15, -0.1) is 0 Å². The fourth-order valence-corrected chi connectivity index (χ4v) is 2.15. The molecular formula is C15H27N3O. The van der Waals surface area contributed by atoms with Gasteiger partial charge in [0.05, 0.1) is 6.61 Å². The summed E-state index contributed by atoms with van der Waals surface area (Å²) in [4.78, 5) is 7.01. The van der Waals surface area contributed by atoms with Crippen LogP contribution in [0.15, 0.2) is 12.1 Å². The van der Waals surface area contributed by atoms with Gasteiger partial charge < -0.3 is 15.0 Å². The van der Waals surface area contributed by atoms with Crippen molar-refractivity contribution < 1.29 is 4.74 Å². The molecule has 0 spiro atoms. The number of nitrogens with zero attached hydrogens (tertiary/aromatic N) is 2. The van der Waals surface area contributed by atoms with Gasteiger partial charge in [-0.3, -0.25) is 0 Å². The molecule has 4 nitrogen and oxygen atoms in total. The van der Waals surface area contributed by atoms with Crippen molar-refractivity contribution in [3.8, 4) is 0 Å². The first-order chi connectivity index (χ1) is 9.12. The zero-order valence-electron chi connectivity index (χ0n) is 12.9. The Morgan fingerprint density at radius 2 is 2.16 bits per heavy atom. The normalized spacial score (nSPS) is 12.5. The fourth-order valence-electron chi connectivity index (χ4n) is 2.15. The molecule has 0 amide bonds. The van der Waals surface area contributed by atoms with Gasteiger partial charge in [0.2, 0.25) is 0 Å². The third-order valence-corrected chi connectivity index (χ3v) is 3.33. The molecule has 0 saturated carbocycles. The van der Waals surface area contributed by atoms with E-state index in [1.807, 2.05) is 14.0 Å². The number of rotatable bonds is 8. The maximum atomic E-state index is 5.21. The molecule has 1 aromatic heterocycles. The molecule has 1 atom stereocenters.